The van der Waals surface area contributed by atoms with Crippen LogP contribution in [0.2, 0.25) is 5.02 Å². The quantitative estimate of drug-likeness (QED) is 0.395. The van der Waals surface area contributed by atoms with Crippen LogP contribution in [-0.2, 0) is 4.79 Å². The Bertz CT molecular complexity index is 1080. The second-order valence-electron chi connectivity index (χ2n) is 7.57. The molecule has 0 radical (unpaired) electrons. The normalized spacial score (nSPS) is 12.4. The minimum Gasteiger partial charge on any atom is -0.491 e. The monoisotopic (exact) mass is 466 g/mol. The predicted molar refractivity (Wildman–Crippen MR) is 131 cm³/mol. The minimum atomic E-state index is -0.739. The topological polar surface area (TPSA) is 76.7 Å². The Morgan fingerprint density at radius 1 is 0.848 bits per heavy atom. The molecule has 0 aliphatic heterocycles. The number of halogens is 1. The first-order chi connectivity index (χ1) is 15.9. The summed E-state index contributed by atoms with van der Waals surface area (Å²) >= 11 is 6.07. The molecule has 2 N–H and O–H groups in total. The number of nitrogens with one attached hydrogen (secondary N) is 2. The van der Waals surface area contributed by atoms with Crippen molar-refractivity contribution in [1.82, 2.24) is 0 Å². The second kappa shape index (κ2) is 11.4. The van der Waals surface area contributed by atoms with E-state index in [2.05, 4.69) is 17.6 Å². The van der Waals surface area contributed by atoms with Gasteiger partial charge in [-0.1, -0.05) is 30.7 Å². The highest BCUT2D eigenvalue weighted by atomic mass is 35.5. The number of amides is 2. The zero-order valence-corrected chi connectivity index (χ0v) is 19.6. The fourth-order valence-electron chi connectivity index (χ4n) is 2.87. The minimum absolute atomic E-state index is 0.120. The van der Waals surface area contributed by atoms with Crippen molar-refractivity contribution in [3.05, 3.63) is 83.4 Å². The fraction of sp³-hybridized carbons (Fsp3) is 0.231. The van der Waals surface area contributed by atoms with Crippen molar-refractivity contribution >= 4 is 34.8 Å². The smallest absolute Gasteiger partial charge is 0.265 e. The van der Waals surface area contributed by atoms with E-state index in [1.165, 1.54) is 0 Å². The van der Waals surface area contributed by atoms with Crippen molar-refractivity contribution in [2.45, 2.75) is 39.4 Å². The van der Waals surface area contributed by atoms with Gasteiger partial charge in [0.2, 0.25) is 0 Å². The molecule has 0 aromatic heterocycles. The van der Waals surface area contributed by atoms with Crippen molar-refractivity contribution in [3.63, 3.8) is 0 Å². The SMILES string of the molecule is CCC(C)Oc1ccc(C(=O)Nc2ccc(NC(=O)C(C)Oc3ccccc3Cl)cc2)cc1. The largest absolute Gasteiger partial charge is 0.491 e. The van der Waals surface area contributed by atoms with Crippen LogP contribution >= 0.6 is 11.6 Å². The number of hydrogen-bond acceptors (Lipinski definition) is 4. The molecule has 0 bridgehead atoms. The molecule has 2 amide bonds. The second-order valence-corrected chi connectivity index (χ2v) is 7.98. The van der Waals surface area contributed by atoms with Gasteiger partial charge < -0.3 is 20.1 Å². The van der Waals surface area contributed by atoms with Crippen LogP contribution in [0.25, 0.3) is 0 Å². The molecule has 2 unspecified atom stereocenters. The van der Waals surface area contributed by atoms with E-state index < -0.39 is 6.10 Å². The third-order valence-electron chi connectivity index (χ3n) is 4.95. The number of anilines is 2. The molecular formula is C26H27ClN2O4. The molecule has 0 saturated carbocycles. The van der Waals surface area contributed by atoms with Crippen molar-refractivity contribution in [1.29, 1.82) is 0 Å². The summed E-state index contributed by atoms with van der Waals surface area (Å²) in [7, 11) is 0. The van der Waals surface area contributed by atoms with Gasteiger partial charge in [-0.05, 0) is 80.9 Å². The summed E-state index contributed by atoms with van der Waals surface area (Å²) < 4.78 is 11.4. The molecule has 7 heteroatoms. The Morgan fingerprint density at radius 3 is 2.06 bits per heavy atom. The number of hydrogen-bond donors (Lipinski definition) is 2. The lowest BCUT2D eigenvalue weighted by atomic mass is 10.2. The molecular weight excluding hydrogens is 440 g/mol. The van der Waals surface area contributed by atoms with E-state index in [1.54, 1.807) is 79.7 Å². The van der Waals surface area contributed by atoms with Gasteiger partial charge >= 0.3 is 0 Å². The maximum absolute atomic E-state index is 12.5. The Morgan fingerprint density at radius 2 is 1.45 bits per heavy atom. The van der Waals surface area contributed by atoms with Gasteiger partial charge in [-0.3, -0.25) is 9.59 Å². The van der Waals surface area contributed by atoms with Crippen LogP contribution in [0.1, 0.15) is 37.6 Å². The fourth-order valence-corrected chi connectivity index (χ4v) is 3.05. The van der Waals surface area contributed by atoms with Gasteiger partial charge in [0.15, 0.2) is 6.10 Å². The number of benzene rings is 3. The highest BCUT2D eigenvalue weighted by molar-refractivity contribution is 6.32. The maximum Gasteiger partial charge on any atom is 0.265 e. The summed E-state index contributed by atoms with van der Waals surface area (Å²) in [6, 6.07) is 20.8. The first kappa shape index (κ1) is 24.1. The van der Waals surface area contributed by atoms with E-state index in [0.29, 0.717) is 27.7 Å². The third-order valence-corrected chi connectivity index (χ3v) is 5.26. The van der Waals surface area contributed by atoms with Gasteiger partial charge in [0, 0.05) is 16.9 Å². The van der Waals surface area contributed by atoms with Crippen LogP contribution < -0.4 is 20.1 Å². The highest BCUT2D eigenvalue weighted by Crippen LogP contribution is 2.24. The third kappa shape index (κ3) is 6.99. The van der Waals surface area contributed by atoms with Crippen LogP contribution in [0.5, 0.6) is 11.5 Å². The van der Waals surface area contributed by atoms with E-state index in [1.807, 2.05) is 6.92 Å². The standard InChI is InChI=1S/C26H27ClN2O4/c1-4-17(2)32-22-15-9-19(10-16-22)26(31)29-21-13-11-20(12-14-21)28-25(30)18(3)33-24-8-6-5-7-23(24)27/h5-18H,4H2,1-3H3,(H,28,30)(H,29,31). The summed E-state index contributed by atoms with van der Waals surface area (Å²) in [6.45, 7) is 5.70. The summed E-state index contributed by atoms with van der Waals surface area (Å²) in [4.78, 5) is 24.9. The summed E-state index contributed by atoms with van der Waals surface area (Å²) in [5, 5.41) is 6.07. The molecule has 0 aliphatic rings. The molecule has 33 heavy (non-hydrogen) atoms. The Labute approximate surface area is 198 Å². The number of rotatable bonds is 9. The van der Waals surface area contributed by atoms with Gasteiger partial charge in [-0.2, -0.15) is 0 Å². The zero-order chi connectivity index (χ0) is 23.8. The number of para-hydroxylation sites is 1. The van der Waals surface area contributed by atoms with Crippen LogP contribution in [0, 0.1) is 0 Å². The van der Waals surface area contributed by atoms with Crippen molar-refractivity contribution in [2.75, 3.05) is 10.6 Å². The van der Waals surface area contributed by atoms with Crippen molar-refractivity contribution in [2.24, 2.45) is 0 Å². The summed E-state index contributed by atoms with van der Waals surface area (Å²) in [5.74, 6) is 0.628. The first-order valence-electron chi connectivity index (χ1n) is 10.8. The van der Waals surface area contributed by atoms with E-state index in [0.717, 1.165) is 12.2 Å². The number of carbonyl (C=O) groups excluding carboxylic acids is 2. The Balaban J connectivity index is 1.53. The zero-order valence-electron chi connectivity index (χ0n) is 18.8. The summed E-state index contributed by atoms with van der Waals surface area (Å²) in [5.41, 5.74) is 1.71. The van der Waals surface area contributed by atoms with Crippen molar-refractivity contribution in [3.8, 4) is 11.5 Å². The van der Waals surface area contributed by atoms with Gasteiger partial charge in [0.1, 0.15) is 11.5 Å². The number of ether oxygens (including phenoxy) is 2. The molecule has 0 spiro atoms. The lowest BCUT2D eigenvalue weighted by Gasteiger charge is -2.16. The maximum atomic E-state index is 12.5. The molecule has 6 nitrogen and oxygen atoms in total. The van der Waals surface area contributed by atoms with Crippen LogP contribution in [0.3, 0.4) is 0 Å². The first-order valence-corrected chi connectivity index (χ1v) is 11.1. The van der Waals surface area contributed by atoms with Crippen LogP contribution in [0.15, 0.2) is 72.8 Å². The van der Waals surface area contributed by atoms with Gasteiger partial charge in [-0.25, -0.2) is 0 Å². The average Bonchev–Trinajstić information content (AvgIpc) is 2.82. The number of carbonyl (C=O) groups is 2. The van der Waals surface area contributed by atoms with Crippen LogP contribution in [0.4, 0.5) is 11.4 Å². The molecule has 2 atom stereocenters. The molecule has 3 aromatic carbocycles. The molecule has 3 aromatic rings. The van der Waals surface area contributed by atoms with Crippen molar-refractivity contribution < 1.29 is 19.1 Å². The Hall–Kier alpha value is -3.51. The van der Waals surface area contributed by atoms with Gasteiger partial charge in [-0.15, -0.1) is 0 Å². The lowest BCUT2D eigenvalue weighted by molar-refractivity contribution is -0.122. The molecule has 172 valence electrons. The molecule has 0 saturated heterocycles. The van der Waals surface area contributed by atoms with Gasteiger partial charge in [0.05, 0.1) is 11.1 Å². The predicted octanol–water partition coefficient (Wildman–Crippen LogP) is 6.18. The van der Waals surface area contributed by atoms with E-state index in [-0.39, 0.29) is 17.9 Å². The van der Waals surface area contributed by atoms with E-state index >= 15 is 0 Å². The molecule has 0 fully saturated rings. The highest BCUT2D eigenvalue weighted by Gasteiger charge is 2.16. The Kier molecular flexibility index (Phi) is 8.33. The summed E-state index contributed by atoms with van der Waals surface area (Å²) in [6.07, 6.45) is 0.289. The van der Waals surface area contributed by atoms with E-state index in [9.17, 15) is 9.59 Å². The molecule has 0 aliphatic carbocycles. The molecule has 3 rings (SSSR count). The molecule has 0 heterocycles. The van der Waals surface area contributed by atoms with E-state index in [4.69, 9.17) is 21.1 Å². The average molecular weight is 467 g/mol. The van der Waals surface area contributed by atoms with Crippen LogP contribution in [-0.4, -0.2) is 24.0 Å². The van der Waals surface area contributed by atoms with Gasteiger partial charge in [0.25, 0.3) is 11.8 Å². The lowest BCUT2D eigenvalue weighted by Crippen LogP contribution is -2.30.